The number of methoxy groups -OCH3 is 1. The molecule has 1 aliphatic rings. The quantitative estimate of drug-likeness (QED) is 0.643. The Morgan fingerprint density at radius 2 is 2.18 bits per heavy atom. The number of ether oxygens (including phenoxy) is 1. The van der Waals surface area contributed by atoms with Gasteiger partial charge in [-0.05, 0) is 18.6 Å². The second-order valence-electron chi connectivity index (χ2n) is 5.19. The Morgan fingerprint density at radius 3 is 2.86 bits per heavy atom. The van der Waals surface area contributed by atoms with Gasteiger partial charge in [-0.25, -0.2) is 4.79 Å². The first kappa shape index (κ1) is 14.6. The molecule has 1 aliphatic carbocycles. The van der Waals surface area contributed by atoms with E-state index < -0.39 is 23.1 Å². The minimum absolute atomic E-state index is 0.0336. The minimum atomic E-state index is -2.51. The molecule has 3 N–H and O–H groups in total. The van der Waals surface area contributed by atoms with Crippen molar-refractivity contribution in [3.05, 3.63) is 39.7 Å². The van der Waals surface area contributed by atoms with Crippen molar-refractivity contribution >= 4 is 16.9 Å². The molecule has 2 aromatic rings. The number of carbonyl (C=O) groups is 1. The van der Waals surface area contributed by atoms with E-state index in [1.165, 1.54) is 18.2 Å². The van der Waals surface area contributed by atoms with Gasteiger partial charge in [0, 0.05) is 6.42 Å². The molecule has 7 nitrogen and oxygen atoms in total. The fourth-order valence-corrected chi connectivity index (χ4v) is 2.87. The van der Waals surface area contributed by atoms with E-state index in [4.69, 9.17) is 4.42 Å². The van der Waals surface area contributed by atoms with Crippen LogP contribution in [0, 0.1) is 0 Å². The van der Waals surface area contributed by atoms with Crippen molar-refractivity contribution in [2.24, 2.45) is 0 Å². The van der Waals surface area contributed by atoms with Crippen molar-refractivity contribution in [3.63, 3.8) is 0 Å². The van der Waals surface area contributed by atoms with E-state index in [1.807, 2.05) is 0 Å². The summed E-state index contributed by atoms with van der Waals surface area (Å²) in [5.41, 5.74) is -3.51. The van der Waals surface area contributed by atoms with Crippen molar-refractivity contribution in [1.82, 2.24) is 0 Å². The van der Waals surface area contributed by atoms with Gasteiger partial charge in [0.25, 0.3) is 0 Å². The number of rotatable bonds is 1. The number of phenols is 1. The maximum Gasteiger partial charge on any atom is 0.345 e. The van der Waals surface area contributed by atoms with Crippen LogP contribution in [-0.2, 0) is 21.6 Å². The number of fused-ring (bicyclic) bond motifs is 2. The maximum absolute atomic E-state index is 12.7. The third-order valence-electron chi connectivity index (χ3n) is 3.98. The lowest BCUT2D eigenvalue weighted by Gasteiger charge is -2.34. The smallest absolute Gasteiger partial charge is 0.345 e. The van der Waals surface area contributed by atoms with Crippen LogP contribution in [0.3, 0.4) is 0 Å². The van der Waals surface area contributed by atoms with Crippen LogP contribution in [0.4, 0.5) is 0 Å². The SMILES string of the molecule is COC(=O)C1(O)c2c(oc3cccc(O)c3c2=O)CCC1O. The average molecular weight is 306 g/mol. The van der Waals surface area contributed by atoms with Gasteiger partial charge in [-0.2, -0.15) is 0 Å². The summed E-state index contributed by atoms with van der Waals surface area (Å²) >= 11 is 0. The molecule has 1 aromatic carbocycles. The van der Waals surface area contributed by atoms with E-state index in [-0.39, 0.29) is 40.9 Å². The zero-order chi connectivity index (χ0) is 16.1. The molecule has 0 spiro atoms. The third-order valence-corrected chi connectivity index (χ3v) is 3.98. The van der Waals surface area contributed by atoms with Gasteiger partial charge in [0.1, 0.15) is 22.5 Å². The van der Waals surface area contributed by atoms with Gasteiger partial charge in [0.2, 0.25) is 11.0 Å². The van der Waals surface area contributed by atoms with Crippen LogP contribution >= 0.6 is 0 Å². The fourth-order valence-electron chi connectivity index (χ4n) is 2.87. The van der Waals surface area contributed by atoms with Crippen LogP contribution in [0.15, 0.2) is 27.4 Å². The topological polar surface area (TPSA) is 117 Å². The second kappa shape index (κ2) is 4.82. The number of benzene rings is 1. The van der Waals surface area contributed by atoms with E-state index in [0.717, 1.165) is 7.11 Å². The lowest BCUT2D eigenvalue weighted by atomic mass is 9.79. The number of hydrogen-bond donors (Lipinski definition) is 3. The molecule has 0 saturated heterocycles. The van der Waals surface area contributed by atoms with Gasteiger partial charge >= 0.3 is 5.97 Å². The van der Waals surface area contributed by atoms with Crippen LogP contribution in [0.1, 0.15) is 17.7 Å². The molecule has 3 rings (SSSR count). The average Bonchev–Trinajstić information content (AvgIpc) is 2.50. The lowest BCUT2D eigenvalue weighted by Crippen LogP contribution is -2.53. The van der Waals surface area contributed by atoms with E-state index in [1.54, 1.807) is 0 Å². The Kier molecular flexibility index (Phi) is 3.19. The normalized spacial score (nSPS) is 24.0. The number of esters is 1. The van der Waals surface area contributed by atoms with Gasteiger partial charge < -0.3 is 24.5 Å². The third kappa shape index (κ3) is 1.76. The van der Waals surface area contributed by atoms with E-state index in [9.17, 15) is 24.9 Å². The summed E-state index contributed by atoms with van der Waals surface area (Å²) in [5, 5.41) is 30.4. The molecule has 22 heavy (non-hydrogen) atoms. The monoisotopic (exact) mass is 306 g/mol. The Balaban J connectivity index is 2.43. The van der Waals surface area contributed by atoms with E-state index in [0.29, 0.717) is 0 Å². The molecular weight excluding hydrogens is 292 g/mol. The van der Waals surface area contributed by atoms with E-state index >= 15 is 0 Å². The zero-order valence-corrected chi connectivity index (χ0v) is 11.7. The lowest BCUT2D eigenvalue weighted by molar-refractivity contribution is -0.180. The number of phenolic OH excluding ortho intramolecular Hbond substituents is 1. The summed E-state index contributed by atoms with van der Waals surface area (Å²) in [6.45, 7) is 0. The minimum Gasteiger partial charge on any atom is -0.507 e. The Hall–Kier alpha value is -2.38. The first-order valence-corrected chi connectivity index (χ1v) is 6.68. The molecule has 2 unspecified atom stereocenters. The number of hydrogen-bond acceptors (Lipinski definition) is 7. The second-order valence-corrected chi connectivity index (χ2v) is 5.19. The van der Waals surface area contributed by atoms with E-state index in [2.05, 4.69) is 4.74 Å². The first-order valence-electron chi connectivity index (χ1n) is 6.68. The van der Waals surface area contributed by atoms with Crippen molar-refractivity contribution in [1.29, 1.82) is 0 Å². The van der Waals surface area contributed by atoms with Gasteiger partial charge in [-0.15, -0.1) is 0 Å². The van der Waals surface area contributed by atoms with Gasteiger partial charge in [0.15, 0.2) is 0 Å². The number of aryl methyl sites for hydroxylation is 1. The first-order chi connectivity index (χ1) is 10.4. The summed E-state index contributed by atoms with van der Waals surface area (Å²) in [6, 6.07) is 4.30. The highest BCUT2D eigenvalue weighted by Gasteiger charge is 2.52. The molecule has 0 bridgehead atoms. The molecule has 0 saturated carbocycles. The Bertz CT molecular complexity index is 822. The Morgan fingerprint density at radius 1 is 1.45 bits per heavy atom. The molecule has 1 heterocycles. The summed E-state index contributed by atoms with van der Waals surface area (Å²) in [7, 11) is 1.04. The number of aromatic hydroxyl groups is 1. The van der Waals surface area contributed by atoms with Crippen LogP contribution in [0.5, 0.6) is 5.75 Å². The maximum atomic E-state index is 12.7. The van der Waals surface area contributed by atoms with Crippen molar-refractivity contribution < 1.29 is 29.3 Å². The van der Waals surface area contributed by atoms with Gasteiger partial charge in [-0.3, -0.25) is 4.79 Å². The number of carbonyl (C=O) groups excluding carboxylic acids is 1. The molecule has 0 radical (unpaired) electrons. The molecular formula is C15H14O7. The van der Waals surface area contributed by atoms with Crippen LogP contribution in [0.2, 0.25) is 0 Å². The van der Waals surface area contributed by atoms with Crippen molar-refractivity contribution in [2.75, 3.05) is 7.11 Å². The molecule has 116 valence electrons. The van der Waals surface area contributed by atoms with Gasteiger partial charge in [0.05, 0.1) is 18.8 Å². The highest BCUT2D eigenvalue weighted by molar-refractivity contribution is 5.88. The summed E-state index contributed by atoms with van der Waals surface area (Å²) in [5.74, 6) is -1.38. The Labute approximate surface area is 124 Å². The predicted molar refractivity (Wildman–Crippen MR) is 74.4 cm³/mol. The van der Waals surface area contributed by atoms with Crippen molar-refractivity contribution in [3.8, 4) is 5.75 Å². The van der Waals surface area contributed by atoms with Crippen LogP contribution in [-0.4, -0.2) is 34.5 Å². The molecule has 0 amide bonds. The summed E-state index contributed by atoms with van der Waals surface area (Å²) < 4.78 is 10.1. The predicted octanol–water partition coefficient (Wildman–Crippen LogP) is 0.166. The fraction of sp³-hybridized carbons (Fsp3) is 0.333. The zero-order valence-electron chi connectivity index (χ0n) is 11.7. The highest BCUT2D eigenvalue weighted by Crippen LogP contribution is 2.37. The molecule has 1 aromatic heterocycles. The molecule has 0 aliphatic heterocycles. The van der Waals surface area contributed by atoms with Crippen LogP contribution < -0.4 is 5.43 Å². The highest BCUT2D eigenvalue weighted by atomic mass is 16.5. The number of aliphatic hydroxyl groups is 2. The van der Waals surface area contributed by atoms with Gasteiger partial charge in [-0.1, -0.05) is 6.07 Å². The van der Waals surface area contributed by atoms with Crippen LogP contribution in [0.25, 0.3) is 11.0 Å². The van der Waals surface area contributed by atoms with Crippen molar-refractivity contribution in [2.45, 2.75) is 24.5 Å². The standard InChI is InChI=1S/C15H14O7/c1-21-14(19)15(20)10(17)6-5-9-12(15)13(18)11-7(16)3-2-4-8(11)22-9/h2-4,10,16-17,20H,5-6H2,1H3. The number of aliphatic hydroxyl groups excluding tert-OH is 1. The molecule has 2 atom stereocenters. The summed E-state index contributed by atoms with van der Waals surface area (Å²) in [6.07, 6.45) is -1.29. The summed E-state index contributed by atoms with van der Waals surface area (Å²) in [4.78, 5) is 24.6. The molecule has 7 heteroatoms. The molecule has 0 fully saturated rings. The largest absolute Gasteiger partial charge is 0.507 e.